The van der Waals surface area contributed by atoms with Crippen molar-refractivity contribution >= 4 is 41.5 Å². The summed E-state index contributed by atoms with van der Waals surface area (Å²) < 4.78 is 1.67. The summed E-state index contributed by atoms with van der Waals surface area (Å²) in [6.45, 7) is 5.19. The first kappa shape index (κ1) is 25.1. The number of aromatic nitrogens is 2. The van der Waals surface area contributed by atoms with E-state index in [0.717, 1.165) is 36.1 Å². The van der Waals surface area contributed by atoms with E-state index < -0.39 is 5.60 Å². The van der Waals surface area contributed by atoms with Gasteiger partial charge < -0.3 is 21.1 Å². The molecular formula is C22H33IN6O2. The Bertz CT molecular complexity index is 892. The van der Waals surface area contributed by atoms with E-state index in [-0.39, 0.29) is 35.8 Å². The summed E-state index contributed by atoms with van der Waals surface area (Å²) in [4.78, 5) is 16.8. The lowest BCUT2D eigenvalue weighted by Gasteiger charge is -2.24. The van der Waals surface area contributed by atoms with Crippen LogP contribution in [0.3, 0.4) is 0 Å². The fourth-order valence-corrected chi connectivity index (χ4v) is 3.23. The Balaban J connectivity index is 0.00000341. The summed E-state index contributed by atoms with van der Waals surface area (Å²) in [6, 6.07) is 7.76. The molecule has 170 valence electrons. The third-order valence-corrected chi connectivity index (χ3v) is 5.36. The van der Waals surface area contributed by atoms with Gasteiger partial charge in [-0.1, -0.05) is 18.6 Å². The number of aliphatic hydroxyl groups is 1. The second-order valence-corrected chi connectivity index (χ2v) is 8.04. The normalized spacial score (nSPS) is 15.9. The third kappa shape index (κ3) is 7.20. The highest BCUT2D eigenvalue weighted by Gasteiger charge is 2.26. The molecule has 1 aliphatic rings. The largest absolute Gasteiger partial charge is 0.383 e. The Hall–Kier alpha value is -2.14. The number of guanidine groups is 1. The highest BCUT2D eigenvalue weighted by Crippen LogP contribution is 2.27. The number of aryl methyl sites for hydroxylation is 1. The number of anilines is 1. The van der Waals surface area contributed by atoms with Crippen LogP contribution in [-0.4, -0.2) is 39.8 Å². The van der Waals surface area contributed by atoms with Gasteiger partial charge in [0.2, 0.25) is 5.91 Å². The van der Waals surface area contributed by atoms with Crippen LogP contribution in [0.15, 0.2) is 41.7 Å². The molecule has 1 aliphatic carbocycles. The van der Waals surface area contributed by atoms with Gasteiger partial charge in [0.1, 0.15) is 5.60 Å². The molecule has 2 aromatic rings. The second-order valence-electron chi connectivity index (χ2n) is 8.04. The van der Waals surface area contributed by atoms with Gasteiger partial charge in [-0.3, -0.25) is 9.48 Å². The number of hydrogen-bond acceptors (Lipinski definition) is 4. The highest BCUT2D eigenvalue weighted by atomic mass is 127. The maximum absolute atomic E-state index is 12.2. The van der Waals surface area contributed by atoms with Gasteiger partial charge in [0.25, 0.3) is 0 Å². The highest BCUT2D eigenvalue weighted by molar-refractivity contribution is 14.0. The number of rotatable bonds is 8. The van der Waals surface area contributed by atoms with Crippen LogP contribution in [-0.2, 0) is 24.0 Å². The molecule has 1 fully saturated rings. The molecule has 1 atom stereocenters. The van der Waals surface area contributed by atoms with Crippen molar-refractivity contribution in [3.8, 4) is 0 Å². The Morgan fingerprint density at radius 1 is 1.35 bits per heavy atom. The van der Waals surface area contributed by atoms with Crippen LogP contribution in [0.25, 0.3) is 0 Å². The molecule has 3 rings (SSSR count). The maximum Gasteiger partial charge on any atom is 0.227 e. The number of nitrogens with zero attached hydrogens (tertiary/aromatic N) is 3. The minimum Gasteiger partial charge on any atom is -0.383 e. The number of carbonyl (C=O) groups excluding carboxylic acids is 1. The molecule has 0 radical (unpaired) electrons. The molecule has 8 nitrogen and oxygen atoms in total. The first-order valence-electron chi connectivity index (χ1n) is 10.5. The molecule has 4 N–H and O–H groups in total. The standard InChI is InChI=1S/C22H32N6O2.HI/c1-4-23-21(25-15-22(2,30)18-13-26-28(3)14-18)24-12-16-7-5-10-19(11-16)27-20(29)17-8-6-9-17;/h5,7,10-11,13-14,17,30H,4,6,8-9,12,15H2,1-3H3,(H,27,29)(H2,23,24,25);1H. The van der Waals surface area contributed by atoms with Gasteiger partial charge in [-0.05, 0) is 44.4 Å². The van der Waals surface area contributed by atoms with Crippen molar-refractivity contribution in [3.05, 3.63) is 47.8 Å². The van der Waals surface area contributed by atoms with E-state index in [2.05, 4.69) is 26.0 Å². The minimum atomic E-state index is -1.07. The average molecular weight is 540 g/mol. The van der Waals surface area contributed by atoms with E-state index in [1.807, 2.05) is 38.2 Å². The molecule has 1 aromatic heterocycles. The van der Waals surface area contributed by atoms with Gasteiger partial charge in [-0.2, -0.15) is 5.10 Å². The summed E-state index contributed by atoms with van der Waals surface area (Å²) >= 11 is 0. The van der Waals surface area contributed by atoms with E-state index in [0.29, 0.717) is 25.6 Å². The van der Waals surface area contributed by atoms with Gasteiger partial charge in [-0.25, -0.2) is 4.99 Å². The fraction of sp³-hybridized carbons (Fsp3) is 0.500. The van der Waals surface area contributed by atoms with Crippen molar-refractivity contribution in [3.63, 3.8) is 0 Å². The minimum absolute atomic E-state index is 0. The van der Waals surface area contributed by atoms with Crippen LogP contribution in [0.1, 0.15) is 44.2 Å². The molecule has 0 aliphatic heterocycles. The van der Waals surface area contributed by atoms with Gasteiger partial charge in [0, 0.05) is 37.0 Å². The van der Waals surface area contributed by atoms with Crippen molar-refractivity contribution in [1.82, 2.24) is 20.4 Å². The molecular weight excluding hydrogens is 507 g/mol. The Morgan fingerprint density at radius 2 is 2.13 bits per heavy atom. The summed E-state index contributed by atoms with van der Waals surface area (Å²) in [5, 5.41) is 24.3. The van der Waals surface area contributed by atoms with Gasteiger partial charge >= 0.3 is 0 Å². The van der Waals surface area contributed by atoms with Crippen LogP contribution in [0, 0.1) is 5.92 Å². The predicted molar refractivity (Wildman–Crippen MR) is 133 cm³/mol. The first-order chi connectivity index (χ1) is 14.4. The van der Waals surface area contributed by atoms with Gasteiger partial charge in [0.05, 0.1) is 19.3 Å². The van der Waals surface area contributed by atoms with Crippen molar-refractivity contribution < 1.29 is 9.90 Å². The quantitative estimate of drug-likeness (QED) is 0.234. The molecule has 0 spiro atoms. The molecule has 9 heteroatoms. The SMILES string of the molecule is CCNC(=NCc1cccc(NC(=O)C2CCC2)c1)NCC(C)(O)c1cnn(C)c1.I. The zero-order valence-corrected chi connectivity index (χ0v) is 20.7. The van der Waals surface area contributed by atoms with Gasteiger partial charge in [0.15, 0.2) is 5.96 Å². The second kappa shape index (κ2) is 11.5. The molecule has 1 amide bonds. The summed E-state index contributed by atoms with van der Waals surface area (Å²) in [6.07, 6.45) is 6.57. The number of amides is 1. The van der Waals surface area contributed by atoms with Crippen LogP contribution in [0.2, 0.25) is 0 Å². The number of carbonyl (C=O) groups is 1. The summed E-state index contributed by atoms with van der Waals surface area (Å²) in [5.74, 6) is 0.879. The van der Waals surface area contributed by atoms with Crippen molar-refractivity contribution in [2.75, 3.05) is 18.4 Å². The monoisotopic (exact) mass is 540 g/mol. The molecule has 0 saturated heterocycles. The van der Waals surface area contributed by atoms with Crippen LogP contribution < -0.4 is 16.0 Å². The van der Waals surface area contributed by atoms with E-state index in [4.69, 9.17) is 0 Å². The molecule has 1 heterocycles. The lowest BCUT2D eigenvalue weighted by atomic mass is 9.85. The number of hydrogen-bond donors (Lipinski definition) is 4. The zero-order valence-electron chi connectivity index (χ0n) is 18.4. The zero-order chi connectivity index (χ0) is 21.6. The number of halogens is 1. The fourth-order valence-electron chi connectivity index (χ4n) is 3.23. The van der Waals surface area contributed by atoms with Crippen molar-refractivity contribution in [2.24, 2.45) is 18.0 Å². The topological polar surface area (TPSA) is 104 Å². The molecule has 1 aromatic carbocycles. The third-order valence-electron chi connectivity index (χ3n) is 5.36. The number of nitrogens with one attached hydrogen (secondary N) is 3. The molecule has 31 heavy (non-hydrogen) atoms. The lowest BCUT2D eigenvalue weighted by molar-refractivity contribution is -0.122. The van der Waals surface area contributed by atoms with E-state index in [1.54, 1.807) is 24.0 Å². The molecule has 0 bridgehead atoms. The summed E-state index contributed by atoms with van der Waals surface area (Å²) in [7, 11) is 1.82. The van der Waals surface area contributed by atoms with Gasteiger partial charge in [-0.15, -0.1) is 24.0 Å². The first-order valence-corrected chi connectivity index (χ1v) is 10.5. The summed E-state index contributed by atoms with van der Waals surface area (Å²) in [5.41, 5.74) is 1.47. The van der Waals surface area contributed by atoms with E-state index in [1.165, 1.54) is 0 Å². The maximum atomic E-state index is 12.2. The number of benzene rings is 1. The Morgan fingerprint density at radius 3 is 2.74 bits per heavy atom. The van der Waals surface area contributed by atoms with Crippen molar-refractivity contribution in [2.45, 2.75) is 45.3 Å². The average Bonchev–Trinajstić information content (AvgIpc) is 3.10. The van der Waals surface area contributed by atoms with Crippen LogP contribution >= 0.6 is 24.0 Å². The predicted octanol–water partition coefficient (Wildman–Crippen LogP) is 2.74. The molecule has 1 unspecified atom stereocenters. The van der Waals surface area contributed by atoms with E-state index >= 15 is 0 Å². The smallest absolute Gasteiger partial charge is 0.227 e. The number of aliphatic imine (C=N–C) groups is 1. The Kier molecular flexibility index (Phi) is 9.30. The van der Waals surface area contributed by atoms with Crippen LogP contribution in [0.4, 0.5) is 5.69 Å². The van der Waals surface area contributed by atoms with Crippen molar-refractivity contribution in [1.29, 1.82) is 0 Å². The molecule has 1 saturated carbocycles. The Labute approximate surface area is 200 Å². The van der Waals surface area contributed by atoms with Crippen LogP contribution in [0.5, 0.6) is 0 Å². The lowest BCUT2D eigenvalue weighted by Crippen LogP contribution is -2.44. The van der Waals surface area contributed by atoms with E-state index in [9.17, 15) is 9.90 Å².